The first kappa shape index (κ1) is 35.7. The van der Waals surface area contributed by atoms with Crippen LogP contribution in [-0.4, -0.2) is 34.5 Å². The lowest BCUT2D eigenvalue weighted by atomic mass is 10.0. The molecule has 0 fully saturated rings. The number of benzene rings is 8. The Kier molecular flexibility index (Phi) is 8.53. The third-order valence-electron chi connectivity index (χ3n) is 11.3. The third kappa shape index (κ3) is 6.20. The normalized spacial score (nSPS) is 11.5. The zero-order valence-corrected chi connectivity index (χ0v) is 33.9. The monoisotopic (exact) mass is 811 g/mol. The van der Waals surface area contributed by atoms with Gasteiger partial charge in [0.25, 0.3) is 0 Å². The number of para-hydroxylation sites is 2. The molecule has 0 atom stereocenters. The van der Waals surface area contributed by atoms with E-state index in [2.05, 4.69) is 108 Å². The smallest absolute Gasteiger partial charge is 0.164 e. The molecule has 0 saturated carbocycles. The van der Waals surface area contributed by atoms with Crippen molar-refractivity contribution < 1.29 is 0 Å². The summed E-state index contributed by atoms with van der Waals surface area (Å²) in [6.45, 7) is 0. The van der Waals surface area contributed by atoms with Crippen LogP contribution in [0.5, 0.6) is 0 Å². The Morgan fingerprint density at radius 3 is 1.40 bits per heavy atom. The second-order valence-electron chi connectivity index (χ2n) is 15.1. The predicted octanol–water partition coefficient (Wildman–Crippen LogP) is 13.5. The van der Waals surface area contributed by atoms with Gasteiger partial charge in [-0.1, -0.05) is 152 Å². The van der Waals surface area contributed by atoms with Crippen LogP contribution in [0.3, 0.4) is 0 Å². The molecule has 0 radical (unpaired) electrons. The number of hydrogen-bond donors (Lipinski definition) is 0. The molecule has 8 heteroatoms. The Bertz CT molecular complexity index is 3570. The summed E-state index contributed by atoms with van der Waals surface area (Å²) in [7, 11) is 0. The lowest BCUT2D eigenvalue weighted by molar-refractivity contribution is 1.07. The van der Waals surface area contributed by atoms with Gasteiger partial charge < -0.3 is 4.57 Å². The lowest BCUT2D eigenvalue weighted by Gasteiger charge is -2.11. The Balaban J connectivity index is 1.04. The molecule has 0 aliphatic carbocycles. The van der Waals surface area contributed by atoms with Crippen LogP contribution in [-0.2, 0) is 0 Å². The second-order valence-corrected chi connectivity index (χ2v) is 16.2. The van der Waals surface area contributed by atoms with Crippen molar-refractivity contribution >= 4 is 53.3 Å². The summed E-state index contributed by atoms with van der Waals surface area (Å²) >= 11 is 1.75. The maximum Gasteiger partial charge on any atom is 0.164 e. The zero-order chi connectivity index (χ0) is 41.0. The van der Waals surface area contributed by atoms with Crippen molar-refractivity contribution in [2.45, 2.75) is 0 Å². The van der Waals surface area contributed by atoms with E-state index < -0.39 is 0 Å². The highest BCUT2D eigenvalue weighted by molar-refractivity contribution is 7.26. The summed E-state index contributed by atoms with van der Waals surface area (Å²) < 4.78 is 4.61. The van der Waals surface area contributed by atoms with Gasteiger partial charge in [0.1, 0.15) is 0 Å². The van der Waals surface area contributed by atoms with Crippen molar-refractivity contribution in [3.63, 3.8) is 0 Å². The van der Waals surface area contributed by atoms with Crippen LogP contribution in [0.15, 0.2) is 200 Å². The average Bonchev–Trinajstić information content (AvgIpc) is 3.90. The van der Waals surface area contributed by atoms with E-state index in [1.54, 1.807) is 11.3 Å². The zero-order valence-electron chi connectivity index (χ0n) is 33.1. The van der Waals surface area contributed by atoms with Crippen LogP contribution >= 0.6 is 11.3 Å². The van der Waals surface area contributed by atoms with Crippen molar-refractivity contribution in [2.24, 2.45) is 0 Å². The fourth-order valence-corrected chi connectivity index (χ4v) is 9.51. The standard InChI is InChI=1S/C54H33N7S/c1-5-16-34(17-6-1)49-56-52(58-53(57-49)38-28-30-41-40-24-13-14-26-44(40)61(45(41)33-38)39-22-11-4-12-23-39)37-29-31-46-43(32-37)48-42(25-15-27-47(48)62-46)54-59-50(35-18-7-2-8-19-35)55-51(60-54)36-20-9-3-10-21-36/h1-33H. The van der Waals surface area contributed by atoms with Crippen molar-refractivity contribution in [3.8, 4) is 74.0 Å². The summed E-state index contributed by atoms with van der Waals surface area (Å²) in [6.07, 6.45) is 0. The summed E-state index contributed by atoms with van der Waals surface area (Å²) in [5, 5.41) is 4.52. The molecule has 0 saturated heterocycles. The van der Waals surface area contributed by atoms with Gasteiger partial charge in [-0.05, 0) is 48.5 Å². The van der Waals surface area contributed by atoms with Gasteiger partial charge in [0.15, 0.2) is 34.9 Å². The number of thiophene rings is 1. The van der Waals surface area contributed by atoms with Crippen molar-refractivity contribution in [1.82, 2.24) is 34.5 Å². The Hall–Kier alpha value is -8.20. The summed E-state index contributed by atoms with van der Waals surface area (Å²) in [4.78, 5) is 30.7. The Labute approximate surface area is 360 Å². The largest absolute Gasteiger partial charge is 0.309 e. The minimum atomic E-state index is 0.592. The summed E-state index contributed by atoms with van der Waals surface area (Å²) in [6, 6.07) is 68.8. The van der Waals surface area contributed by atoms with Gasteiger partial charge in [0, 0.05) is 70.0 Å². The quantitative estimate of drug-likeness (QED) is 0.159. The lowest BCUT2D eigenvalue weighted by Crippen LogP contribution is -2.01. The number of rotatable bonds is 7. The second kappa shape index (κ2) is 14.8. The highest BCUT2D eigenvalue weighted by Crippen LogP contribution is 2.42. The molecule has 0 unspecified atom stereocenters. The SMILES string of the molecule is c1ccc(-c2nc(-c3ccc4sc5cccc(-c6nc(-c7ccccc7)nc(-c7ccccc7)n6)c5c4c3)nc(-c3ccc4c5ccccc5n(-c5ccccc5)c4c3)n2)cc1. The molecular formula is C54H33N7S. The van der Waals surface area contributed by atoms with Gasteiger partial charge in [-0.25, -0.2) is 29.9 Å². The van der Waals surface area contributed by atoms with Crippen molar-refractivity contribution in [3.05, 3.63) is 200 Å². The van der Waals surface area contributed by atoms with E-state index in [-0.39, 0.29) is 0 Å². The molecule has 0 aliphatic rings. The van der Waals surface area contributed by atoms with E-state index in [1.165, 1.54) is 10.8 Å². The predicted molar refractivity (Wildman–Crippen MR) is 253 cm³/mol. The van der Waals surface area contributed by atoms with Gasteiger partial charge in [0.05, 0.1) is 11.0 Å². The van der Waals surface area contributed by atoms with Gasteiger partial charge in [-0.2, -0.15) is 0 Å². The summed E-state index contributed by atoms with van der Waals surface area (Å²) in [5.74, 6) is 3.67. The molecule has 0 amide bonds. The topological polar surface area (TPSA) is 82.3 Å². The molecule has 0 aliphatic heterocycles. The van der Waals surface area contributed by atoms with Crippen LogP contribution in [0.25, 0.3) is 116 Å². The van der Waals surface area contributed by atoms with Crippen LogP contribution in [0.2, 0.25) is 0 Å². The van der Waals surface area contributed by atoms with E-state index in [0.29, 0.717) is 34.9 Å². The molecule has 290 valence electrons. The van der Waals surface area contributed by atoms with E-state index in [4.69, 9.17) is 29.9 Å². The molecule has 4 aromatic heterocycles. The molecule has 12 rings (SSSR count). The molecule has 12 aromatic rings. The fraction of sp³-hybridized carbons (Fsp3) is 0. The number of fused-ring (bicyclic) bond motifs is 6. The molecule has 0 bridgehead atoms. The first-order valence-electron chi connectivity index (χ1n) is 20.5. The molecule has 7 nitrogen and oxygen atoms in total. The van der Waals surface area contributed by atoms with E-state index in [9.17, 15) is 0 Å². The van der Waals surface area contributed by atoms with E-state index in [1.807, 2.05) is 97.1 Å². The van der Waals surface area contributed by atoms with Crippen LogP contribution < -0.4 is 0 Å². The Morgan fingerprint density at radius 2 is 0.790 bits per heavy atom. The van der Waals surface area contributed by atoms with Crippen LogP contribution in [0, 0.1) is 0 Å². The highest BCUT2D eigenvalue weighted by Gasteiger charge is 2.20. The van der Waals surface area contributed by atoms with Crippen molar-refractivity contribution in [2.75, 3.05) is 0 Å². The Morgan fingerprint density at radius 1 is 0.306 bits per heavy atom. The van der Waals surface area contributed by atoms with Gasteiger partial charge in [0.2, 0.25) is 0 Å². The van der Waals surface area contributed by atoms with Crippen LogP contribution in [0.1, 0.15) is 0 Å². The molecule has 0 spiro atoms. The van der Waals surface area contributed by atoms with Crippen LogP contribution in [0.4, 0.5) is 0 Å². The van der Waals surface area contributed by atoms with Gasteiger partial charge >= 0.3 is 0 Å². The minimum absolute atomic E-state index is 0.592. The number of aromatic nitrogens is 7. The molecule has 62 heavy (non-hydrogen) atoms. The minimum Gasteiger partial charge on any atom is -0.309 e. The van der Waals surface area contributed by atoms with Crippen molar-refractivity contribution in [1.29, 1.82) is 0 Å². The third-order valence-corrected chi connectivity index (χ3v) is 12.4. The first-order valence-corrected chi connectivity index (χ1v) is 21.3. The molecular weight excluding hydrogens is 779 g/mol. The number of hydrogen-bond acceptors (Lipinski definition) is 7. The molecule has 8 aromatic carbocycles. The van der Waals surface area contributed by atoms with Gasteiger partial charge in [-0.3, -0.25) is 0 Å². The number of nitrogens with zero attached hydrogens (tertiary/aromatic N) is 7. The fourth-order valence-electron chi connectivity index (χ4n) is 8.40. The molecule has 0 N–H and O–H groups in total. The average molecular weight is 812 g/mol. The maximum absolute atomic E-state index is 5.24. The summed E-state index contributed by atoms with van der Waals surface area (Å²) in [5.41, 5.74) is 8.83. The van der Waals surface area contributed by atoms with Gasteiger partial charge in [-0.15, -0.1) is 11.3 Å². The first-order chi connectivity index (χ1) is 30.7. The van der Waals surface area contributed by atoms with E-state index in [0.717, 1.165) is 70.3 Å². The molecule has 4 heterocycles. The van der Waals surface area contributed by atoms with E-state index >= 15 is 0 Å². The maximum atomic E-state index is 5.24. The highest BCUT2D eigenvalue weighted by atomic mass is 32.1.